The molecule has 0 saturated carbocycles. The van der Waals surface area contributed by atoms with Gasteiger partial charge in [0.2, 0.25) is 0 Å². The molecular formula is C27H31N3O2. The minimum Gasteiger partial charge on any atom is -0.481 e. The Bertz CT molecular complexity index is 1070. The number of aliphatic carboxylic acids is 1. The number of pyridine rings is 1. The Balaban J connectivity index is 1.49. The fraction of sp³-hybridized carbons (Fsp3) is 0.333. The number of nitrogens with one attached hydrogen (secondary N) is 2. The van der Waals surface area contributed by atoms with Crippen molar-refractivity contribution in [3.8, 4) is 0 Å². The largest absolute Gasteiger partial charge is 0.481 e. The van der Waals surface area contributed by atoms with E-state index in [1.54, 1.807) is 6.92 Å². The molecule has 0 spiro atoms. The van der Waals surface area contributed by atoms with E-state index in [1.807, 2.05) is 24.4 Å². The second-order valence-electron chi connectivity index (χ2n) is 8.68. The third-order valence-electron chi connectivity index (χ3n) is 6.53. The molecule has 5 nitrogen and oxygen atoms in total. The Labute approximate surface area is 189 Å². The molecule has 166 valence electrons. The SMILES string of the molecule is Cc1ccc(C(C)C(=O)O)cc1CCN[C@H](c1ccccc1)[C@H]1CNc2cccnc2C1. The van der Waals surface area contributed by atoms with Crippen molar-refractivity contribution in [2.75, 3.05) is 18.4 Å². The number of anilines is 1. The number of carboxylic acids is 1. The van der Waals surface area contributed by atoms with Crippen LogP contribution in [0.2, 0.25) is 0 Å². The molecule has 0 amide bonds. The summed E-state index contributed by atoms with van der Waals surface area (Å²) in [6.45, 7) is 5.54. The number of benzene rings is 2. The van der Waals surface area contributed by atoms with Gasteiger partial charge >= 0.3 is 5.97 Å². The fourth-order valence-electron chi connectivity index (χ4n) is 4.51. The Kier molecular flexibility index (Phi) is 6.86. The van der Waals surface area contributed by atoms with Crippen molar-refractivity contribution in [2.45, 2.75) is 38.6 Å². The monoisotopic (exact) mass is 429 g/mol. The van der Waals surface area contributed by atoms with Gasteiger partial charge in [-0.2, -0.15) is 0 Å². The fourth-order valence-corrected chi connectivity index (χ4v) is 4.51. The third-order valence-corrected chi connectivity index (χ3v) is 6.53. The summed E-state index contributed by atoms with van der Waals surface area (Å²) in [5, 5.41) is 16.7. The standard InChI is InChI=1S/C27H31N3O2/c1-18-10-11-22(19(2)27(31)32)15-21(18)12-14-29-26(20-7-4-3-5-8-20)23-16-25-24(30-17-23)9-6-13-28-25/h3-11,13,15,19,23,26,29-30H,12,14,16-17H2,1-2H3,(H,31,32)/t19?,23-,26-/m1/s1. The lowest BCUT2D eigenvalue weighted by Crippen LogP contribution is -2.37. The van der Waals surface area contributed by atoms with Gasteiger partial charge in [-0.15, -0.1) is 0 Å². The van der Waals surface area contributed by atoms with Crippen LogP contribution in [0, 0.1) is 12.8 Å². The van der Waals surface area contributed by atoms with Crippen LogP contribution >= 0.6 is 0 Å². The molecule has 0 fully saturated rings. The van der Waals surface area contributed by atoms with Crippen molar-refractivity contribution in [1.29, 1.82) is 0 Å². The third kappa shape index (κ3) is 5.00. The van der Waals surface area contributed by atoms with Crippen molar-refractivity contribution in [1.82, 2.24) is 10.3 Å². The van der Waals surface area contributed by atoms with Crippen LogP contribution in [0.5, 0.6) is 0 Å². The number of nitrogens with zero attached hydrogens (tertiary/aromatic N) is 1. The molecule has 3 aromatic rings. The zero-order valence-corrected chi connectivity index (χ0v) is 18.7. The molecule has 0 aliphatic carbocycles. The predicted octanol–water partition coefficient (Wildman–Crippen LogP) is 4.74. The minimum atomic E-state index is -0.791. The molecule has 1 aromatic heterocycles. The molecule has 3 atom stereocenters. The molecule has 1 unspecified atom stereocenters. The summed E-state index contributed by atoms with van der Waals surface area (Å²) in [5.41, 5.74) is 6.79. The molecule has 5 heteroatoms. The van der Waals surface area contributed by atoms with Gasteiger partial charge in [-0.25, -0.2) is 0 Å². The molecule has 0 saturated heterocycles. The number of hydrogen-bond acceptors (Lipinski definition) is 4. The van der Waals surface area contributed by atoms with E-state index in [0.29, 0.717) is 5.92 Å². The first kappa shape index (κ1) is 22.0. The summed E-state index contributed by atoms with van der Waals surface area (Å²) in [6, 6.07) is 20.9. The predicted molar refractivity (Wildman–Crippen MR) is 128 cm³/mol. The summed E-state index contributed by atoms with van der Waals surface area (Å²) in [5.74, 6) is -0.903. The maximum Gasteiger partial charge on any atom is 0.310 e. The maximum atomic E-state index is 11.4. The van der Waals surface area contributed by atoms with Crippen LogP contribution in [-0.2, 0) is 17.6 Å². The van der Waals surface area contributed by atoms with E-state index >= 15 is 0 Å². The number of rotatable bonds is 8. The van der Waals surface area contributed by atoms with Crippen LogP contribution in [0.1, 0.15) is 46.8 Å². The van der Waals surface area contributed by atoms with Crippen LogP contribution in [0.3, 0.4) is 0 Å². The number of aryl methyl sites for hydroxylation is 1. The van der Waals surface area contributed by atoms with Gasteiger partial charge in [0.25, 0.3) is 0 Å². The minimum absolute atomic E-state index is 0.209. The highest BCUT2D eigenvalue weighted by Crippen LogP contribution is 2.31. The lowest BCUT2D eigenvalue weighted by atomic mass is 9.86. The second kappa shape index (κ2) is 9.96. The van der Waals surface area contributed by atoms with Gasteiger partial charge in [0.15, 0.2) is 0 Å². The maximum absolute atomic E-state index is 11.4. The van der Waals surface area contributed by atoms with E-state index in [4.69, 9.17) is 0 Å². The summed E-state index contributed by atoms with van der Waals surface area (Å²) < 4.78 is 0. The molecule has 4 rings (SSSR count). The lowest BCUT2D eigenvalue weighted by Gasteiger charge is -2.33. The van der Waals surface area contributed by atoms with Crippen molar-refractivity contribution in [2.24, 2.45) is 5.92 Å². The van der Waals surface area contributed by atoms with Gasteiger partial charge in [0, 0.05) is 24.7 Å². The van der Waals surface area contributed by atoms with E-state index in [0.717, 1.165) is 42.9 Å². The van der Waals surface area contributed by atoms with E-state index in [2.05, 4.69) is 65.0 Å². The average Bonchev–Trinajstić information content (AvgIpc) is 2.82. The van der Waals surface area contributed by atoms with E-state index in [-0.39, 0.29) is 6.04 Å². The van der Waals surface area contributed by atoms with Crippen LogP contribution in [0.15, 0.2) is 66.9 Å². The second-order valence-corrected chi connectivity index (χ2v) is 8.68. The van der Waals surface area contributed by atoms with Gasteiger partial charge in [-0.3, -0.25) is 9.78 Å². The van der Waals surface area contributed by atoms with Crippen LogP contribution in [0.25, 0.3) is 0 Å². The molecular weight excluding hydrogens is 398 g/mol. The molecule has 0 bridgehead atoms. The Morgan fingerprint density at radius 3 is 2.75 bits per heavy atom. The summed E-state index contributed by atoms with van der Waals surface area (Å²) in [6.07, 6.45) is 3.65. The number of hydrogen-bond donors (Lipinski definition) is 3. The number of fused-ring (bicyclic) bond motifs is 1. The van der Waals surface area contributed by atoms with Gasteiger partial charge in [-0.05, 0) is 67.6 Å². The molecule has 3 N–H and O–H groups in total. The average molecular weight is 430 g/mol. The van der Waals surface area contributed by atoms with Crippen LogP contribution < -0.4 is 10.6 Å². The number of aromatic nitrogens is 1. The first-order valence-corrected chi connectivity index (χ1v) is 11.3. The van der Waals surface area contributed by atoms with Crippen LogP contribution in [-0.4, -0.2) is 29.1 Å². The van der Waals surface area contributed by atoms with Crippen molar-refractivity contribution >= 4 is 11.7 Å². The van der Waals surface area contributed by atoms with Gasteiger partial charge in [-0.1, -0.05) is 48.5 Å². The van der Waals surface area contributed by atoms with Crippen molar-refractivity contribution < 1.29 is 9.90 Å². The Morgan fingerprint density at radius 1 is 1.16 bits per heavy atom. The molecule has 0 radical (unpaired) electrons. The summed E-state index contributed by atoms with van der Waals surface area (Å²) >= 11 is 0. The molecule has 2 aromatic carbocycles. The Hall–Kier alpha value is -3.18. The highest BCUT2D eigenvalue weighted by atomic mass is 16.4. The van der Waals surface area contributed by atoms with Crippen molar-refractivity contribution in [3.05, 3.63) is 94.8 Å². The van der Waals surface area contributed by atoms with Gasteiger partial charge in [0.05, 0.1) is 17.3 Å². The lowest BCUT2D eigenvalue weighted by molar-refractivity contribution is -0.138. The Morgan fingerprint density at radius 2 is 1.97 bits per heavy atom. The van der Waals surface area contributed by atoms with E-state index < -0.39 is 11.9 Å². The quantitative estimate of drug-likeness (QED) is 0.482. The van der Waals surface area contributed by atoms with Crippen LogP contribution in [0.4, 0.5) is 5.69 Å². The number of carboxylic acid groups (broad SMARTS) is 1. The highest BCUT2D eigenvalue weighted by molar-refractivity contribution is 5.75. The van der Waals surface area contributed by atoms with Gasteiger partial charge in [0.1, 0.15) is 0 Å². The zero-order valence-electron chi connectivity index (χ0n) is 18.7. The molecule has 1 aliphatic rings. The topological polar surface area (TPSA) is 74.2 Å². The summed E-state index contributed by atoms with van der Waals surface area (Å²) in [7, 11) is 0. The summed E-state index contributed by atoms with van der Waals surface area (Å²) in [4.78, 5) is 16.0. The van der Waals surface area contributed by atoms with Crippen molar-refractivity contribution in [3.63, 3.8) is 0 Å². The van der Waals surface area contributed by atoms with E-state index in [1.165, 1.54) is 16.7 Å². The normalized spacial score (nSPS) is 17.1. The highest BCUT2D eigenvalue weighted by Gasteiger charge is 2.27. The molecule has 1 aliphatic heterocycles. The smallest absolute Gasteiger partial charge is 0.310 e. The molecule has 2 heterocycles. The van der Waals surface area contributed by atoms with Gasteiger partial charge < -0.3 is 15.7 Å². The number of carbonyl (C=O) groups is 1. The molecule has 32 heavy (non-hydrogen) atoms. The first-order chi connectivity index (χ1) is 15.5. The first-order valence-electron chi connectivity index (χ1n) is 11.3. The zero-order chi connectivity index (χ0) is 22.5. The van der Waals surface area contributed by atoms with E-state index in [9.17, 15) is 9.90 Å².